The van der Waals surface area contributed by atoms with E-state index in [0.29, 0.717) is 23.0 Å². The molecule has 6 unspecified atom stereocenters. The molecule has 0 radical (unpaired) electrons. The van der Waals surface area contributed by atoms with Crippen LogP contribution in [0.4, 0.5) is 0 Å². The predicted octanol–water partition coefficient (Wildman–Crippen LogP) is 7.58. The number of ether oxygens (including phenoxy) is 2. The number of fused-ring (bicyclic) bond motifs is 5. The van der Waals surface area contributed by atoms with Gasteiger partial charge < -0.3 is 9.47 Å². The minimum atomic E-state index is -0.389. The Kier molecular flexibility index (Phi) is 8.32. The van der Waals surface area contributed by atoms with Crippen LogP contribution in [0.5, 0.6) is 0 Å². The number of benzene rings is 2. The van der Waals surface area contributed by atoms with Crippen LogP contribution in [0.25, 0.3) is 0 Å². The van der Waals surface area contributed by atoms with Crippen LogP contribution in [0.15, 0.2) is 48.5 Å². The first-order valence-corrected chi connectivity index (χ1v) is 14.7. The van der Waals surface area contributed by atoms with E-state index in [9.17, 15) is 9.59 Å². The summed E-state index contributed by atoms with van der Waals surface area (Å²) in [6.45, 7) is 4.35. The maximum absolute atomic E-state index is 13.3. The third kappa shape index (κ3) is 5.94. The normalized spacial score (nSPS) is 28.1. The van der Waals surface area contributed by atoms with Gasteiger partial charge in [-0.2, -0.15) is 0 Å². The lowest BCUT2D eigenvalue weighted by Gasteiger charge is -2.42. The Morgan fingerprint density at radius 1 is 0.703 bits per heavy atom. The third-order valence-electron chi connectivity index (χ3n) is 9.18. The summed E-state index contributed by atoms with van der Waals surface area (Å²) in [5, 5.41) is 0. The van der Waals surface area contributed by atoms with Gasteiger partial charge in [0.05, 0.1) is 11.1 Å². The van der Waals surface area contributed by atoms with Crippen molar-refractivity contribution >= 4 is 11.9 Å². The monoisotopic (exact) mass is 502 g/mol. The minimum absolute atomic E-state index is 0.299. The van der Waals surface area contributed by atoms with Crippen LogP contribution >= 0.6 is 0 Å². The van der Waals surface area contributed by atoms with E-state index in [1.807, 2.05) is 36.4 Å². The summed E-state index contributed by atoms with van der Waals surface area (Å²) in [6.07, 6.45) is 11.1. The molecule has 0 saturated heterocycles. The second-order valence-electron chi connectivity index (χ2n) is 11.6. The topological polar surface area (TPSA) is 52.6 Å². The van der Waals surface area contributed by atoms with Gasteiger partial charge in [-0.15, -0.1) is 0 Å². The zero-order valence-corrected chi connectivity index (χ0v) is 22.5. The van der Waals surface area contributed by atoms with E-state index in [1.165, 1.54) is 30.4 Å². The molecule has 4 heteroatoms. The van der Waals surface area contributed by atoms with Crippen LogP contribution in [-0.2, 0) is 22.3 Å². The number of hydrogen-bond acceptors (Lipinski definition) is 4. The van der Waals surface area contributed by atoms with E-state index >= 15 is 0 Å². The average Bonchev–Trinajstić information content (AvgIpc) is 3.54. The Hall–Kier alpha value is -2.62. The highest BCUT2D eigenvalue weighted by molar-refractivity contribution is 5.90. The van der Waals surface area contributed by atoms with Crippen molar-refractivity contribution in [1.29, 1.82) is 0 Å². The Balaban J connectivity index is 1.31. The lowest BCUT2D eigenvalue weighted by Crippen LogP contribution is -2.45. The predicted molar refractivity (Wildman–Crippen MR) is 146 cm³/mol. The van der Waals surface area contributed by atoms with Crippen molar-refractivity contribution in [2.75, 3.05) is 0 Å². The molecule has 198 valence electrons. The van der Waals surface area contributed by atoms with Gasteiger partial charge in [0.2, 0.25) is 0 Å². The minimum Gasteiger partial charge on any atom is -0.455 e. The van der Waals surface area contributed by atoms with Gasteiger partial charge in [0, 0.05) is 0 Å². The lowest BCUT2D eigenvalue weighted by molar-refractivity contribution is -0.0822. The maximum atomic E-state index is 13.3. The van der Waals surface area contributed by atoms with Crippen molar-refractivity contribution < 1.29 is 19.1 Å². The maximum Gasteiger partial charge on any atom is 0.338 e. The molecule has 6 atom stereocenters. The molecule has 2 aromatic carbocycles. The standard InChI is InChI=1S/C33H42O4/c1-3-5-9-22-11-7-13-26(17-22)32(34)36-30-20-28-24-15-16-25(19-24)29(28)21-31(30)37-33(35)27-14-8-12-23(18-27)10-6-4-2/h7-8,11-14,17-18,24-25,28-31H,3-6,9-10,15-16,19-21H2,1-2H3. The van der Waals surface area contributed by atoms with Crippen LogP contribution in [0.1, 0.15) is 103 Å². The van der Waals surface area contributed by atoms with Crippen molar-refractivity contribution in [2.24, 2.45) is 23.7 Å². The van der Waals surface area contributed by atoms with Crippen molar-refractivity contribution in [3.05, 3.63) is 70.8 Å². The van der Waals surface area contributed by atoms with Gasteiger partial charge in [0.1, 0.15) is 12.2 Å². The summed E-state index contributed by atoms with van der Waals surface area (Å²) in [7, 11) is 0. The Morgan fingerprint density at radius 2 is 1.16 bits per heavy atom. The van der Waals surface area contributed by atoms with Crippen molar-refractivity contribution in [2.45, 2.75) is 96.7 Å². The summed E-state index contributed by atoms with van der Waals surface area (Å²) in [6, 6.07) is 15.6. The van der Waals surface area contributed by atoms with E-state index in [0.717, 1.165) is 63.2 Å². The highest BCUT2D eigenvalue weighted by Gasteiger charge is 2.53. The van der Waals surface area contributed by atoms with E-state index < -0.39 is 0 Å². The van der Waals surface area contributed by atoms with E-state index in [1.54, 1.807) is 0 Å². The number of esters is 2. The van der Waals surface area contributed by atoms with Crippen LogP contribution < -0.4 is 0 Å². The zero-order chi connectivity index (χ0) is 25.8. The van der Waals surface area contributed by atoms with Gasteiger partial charge in [-0.1, -0.05) is 51.0 Å². The molecular formula is C33H42O4. The second kappa shape index (κ2) is 11.8. The molecule has 0 spiro atoms. The smallest absolute Gasteiger partial charge is 0.338 e. The first kappa shape index (κ1) is 26.0. The number of aryl methyl sites for hydroxylation is 2. The van der Waals surface area contributed by atoms with Crippen LogP contribution in [0.2, 0.25) is 0 Å². The zero-order valence-electron chi connectivity index (χ0n) is 22.5. The summed E-state index contributed by atoms with van der Waals surface area (Å²) < 4.78 is 12.3. The Morgan fingerprint density at radius 3 is 1.59 bits per heavy atom. The highest BCUT2D eigenvalue weighted by Crippen LogP contribution is 2.58. The molecule has 5 rings (SSSR count). The Bertz CT molecular complexity index is 1010. The van der Waals surface area contributed by atoms with Gasteiger partial charge >= 0.3 is 11.9 Å². The molecule has 4 nitrogen and oxygen atoms in total. The summed E-state index contributed by atoms with van der Waals surface area (Å²) in [4.78, 5) is 26.5. The van der Waals surface area contributed by atoms with Crippen LogP contribution in [-0.4, -0.2) is 24.1 Å². The fourth-order valence-corrected chi connectivity index (χ4v) is 7.23. The van der Waals surface area contributed by atoms with Gasteiger partial charge in [-0.3, -0.25) is 0 Å². The molecule has 3 fully saturated rings. The molecule has 3 saturated carbocycles. The van der Waals surface area contributed by atoms with E-state index in [-0.39, 0.29) is 24.1 Å². The van der Waals surface area contributed by atoms with Crippen molar-refractivity contribution in [3.8, 4) is 0 Å². The lowest BCUT2D eigenvalue weighted by atomic mass is 9.69. The van der Waals surface area contributed by atoms with E-state index in [4.69, 9.17) is 9.47 Å². The number of carbonyl (C=O) groups excluding carboxylic acids is 2. The second-order valence-corrected chi connectivity index (χ2v) is 11.6. The van der Waals surface area contributed by atoms with Crippen molar-refractivity contribution in [3.63, 3.8) is 0 Å². The molecule has 3 aliphatic rings. The average molecular weight is 503 g/mol. The first-order valence-electron chi connectivity index (χ1n) is 14.7. The highest BCUT2D eigenvalue weighted by atomic mass is 16.6. The molecule has 0 aliphatic heterocycles. The largest absolute Gasteiger partial charge is 0.455 e. The number of rotatable bonds is 10. The molecule has 0 aromatic heterocycles. The molecule has 2 bridgehead atoms. The molecule has 0 N–H and O–H groups in total. The number of unbranched alkanes of at least 4 members (excludes halogenated alkanes) is 2. The first-order chi connectivity index (χ1) is 18.1. The molecule has 2 aromatic rings. The van der Waals surface area contributed by atoms with Gasteiger partial charge in [0.25, 0.3) is 0 Å². The SMILES string of the molecule is CCCCc1cccc(C(=O)OC2CC3C4CCC(C4)C3CC2OC(=O)c2cccc(CCCC)c2)c1. The summed E-state index contributed by atoms with van der Waals surface area (Å²) in [5.74, 6) is 2.04. The number of carbonyl (C=O) groups is 2. The molecular weight excluding hydrogens is 460 g/mol. The fourth-order valence-electron chi connectivity index (χ4n) is 7.23. The molecule has 3 aliphatic carbocycles. The van der Waals surface area contributed by atoms with E-state index in [2.05, 4.69) is 26.0 Å². The van der Waals surface area contributed by atoms with Crippen LogP contribution in [0, 0.1) is 23.7 Å². The summed E-state index contributed by atoms with van der Waals surface area (Å²) >= 11 is 0. The van der Waals surface area contributed by atoms with Gasteiger partial charge in [0.15, 0.2) is 0 Å². The molecule has 0 heterocycles. The molecule has 0 amide bonds. The van der Waals surface area contributed by atoms with Crippen molar-refractivity contribution in [1.82, 2.24) is 0 Å². The third-order valence-corrected chi connectivity index (χ3v) is 9.18. The summed E-state index contributed by atoms with van der Waals surface area (Å²) in [5.41, 5.74) is 3.52. The Labute approximate surface area is 222 Å². The molecule has 37 heavy (non-hydrogen) atoms. The fraction of sp³-hybridized carbons (Fsp3) is 0.576. The van der Waals surface area contributed by atoms with Gasteiger partial charge in [-0.25, -0.2) is 9.59 Å². The quantitative estimate of drug-likeness (QED) is 0.314. The van der Waals surface area contributed by atoms with Gasteiger partial charge in [-0.05, 0) is 117 Å². The number of hydrogen-bond donors (Lipinski definition) is 0. The van der Waals surface area contributed by atoms with Crippen LogP contribution in [0.3, 0.4) is 0 Å².